The summed E-state index contributed by atoms with van der Waals surface area (Å²) in [5.41, 5.74) is 1.25. The molecule has 0 saturated carbocycles. The van der Waals surface area contributed by atoms with E-state index in [0.717, 1.165) is 22.7 Å². The van der Waals surface area contributed by atoms with Crippen LogP contribution < -0.4 is 19.1 Å². The van der Waals surface area contributed by atoms with E-state index in [1.807, 2.05) is 20.8 Å². The molecule has 8 heteroatoms. The van der Waals surface area contributed by atoms with Gasteiger partial charge in [-0.1, -0.05) is 31.0 Å². The molecule has 0 fully saturated rings. The Balaban J connectivity index is 2.47. The number of rotatable bonds is 10. The van der Waals surface area contributed by atoms with E-state index in [2.05, 4.69) is 5.32 Å². The van der Waals surface area contributed by atoms with Crippen molar-refractivity contribution in [3.63, 3.8) is 0 Å². The number of nitrogens with zero attached hydrogens (tertiary/aromatic N) is 1. The number of methoxy groups -OCH3 is 2. The fourth-order valence-electron chi connectivity index (χ4n) is 3.09. The van der Waals surface area contributed by atoms with Crippen molar-refractivity contribution >= 4 is 21.6 Å². The minimum absolute atomic E-state index is 0.0446. The van der Waals surface area contributed by atoms with Crippen LogP contribution >= 0.6 is 0 Å². The number of carbonyl (C=O) groups excluding carboxylic acids is 1. The minimum atomic E-state index is -3.98. The molecule has 1 N–H and O–H groups in total. The average Bonchev–Trinajstić information content (AvgIpc) is 2.71. The highest BCUT2D eigenvalue weighted by atomic mass is 32.2. The van der Waals surface area contributed by atoms with Gasteiger partial charge in [0, 0.05) is 12.1 Å². The third-order valence-corrected chi connectivity index (χ3v) is 6.47. The molecule has 164 valence electrons. The summed E-state index contributed by atoms with van der Waals surface area (Å²) >= 11 is 0. The fourth-order valence-corrected chi connectivity index (χ4v) is 4.50. The lowest BCUT2D eigenvalue weighted by Gasteiger charge is -2.25. The predicted octanol–water partition coefficient (Wildman–Crippen LogP) is 3.51. The maximum atomic E-state index is 13.4. The van der Waals surface area contributed by atoms with Crippen LogP contribution in [-0.4, -0.2) is 41.1 Å². The predicted molar refractivity (Wildman–Crippen MR) is 118 cm³/mol. The molecule has 1 amide bonds. The van der Waals surface area contributed by atoms with Crippen LogP contribution in [-0.2, 0) is 14.8 Å². The number of sulfonamides is 1. The van der Waals surface area contributed by atoms with Crippen LogP contribution in [0.25, 0.3) is 0 Å². The third-order valence-electron chi connectivity index (χ3n) is 4.68. The Hall–Kier alpha value is -2.74. The molecule has 30 heavy (non-hydrogen) atoms. The Kier molecular flexibility index (Phi) is 8.11. The van der Waals surface area contributed by atoms with Gasteiger partial charge in [0.25, 0.3) is 10.0 Å². The second-order valence-electron chi connectivity index (χ2n) is 7.12. The highest BCUT2D eigenvalue weighted by molar-refractivity contribution is 7.92. The van der Waals surface area contributed by atoms with E-state index >= 15 is 0 Å². The number of ether oxygens (including phenoxy) is 2. The first kappa shape index (κ1) is 23.5. The van der Waals surface area contributed by atoms with Crippen LogP contribution in [0.5, 0.6) is 11.5 Å². The molecule has 0 aliphatic heterocycles. The molecule has 2 rings (SSSR count). The van der Waals surface area contributed by atoms with Gasteiger partial charge in [-0.3, -0.25) is 9.10 Å². The standard InChI is InChI=1S/C22H30N2O5S/c1-6-7-17(3)23-22(25)15-24(18-10-13-20(28-4)21(14-18)29-5)30(26,27)19-11-8-16(2)9-12-19/h8-14,17H,6-7,15H2,1-5H3,(H,23,25)/t17-/m1/s1. The van der Waals surface area contributed by atoms with Crippen molar-refractivity contribution in [1.29, 1.82) is 0 Å². The molecule has 0 saturated heterocycles. The van der Waals surface area contributed by atoms with Gasteiger partial charge in [-0.05, 0) is 44.5 Å². The zero-order chi connectivity index (χ0) is 22.3. The van der Waals surface area contributed by atoms with E-state index < -0.39 is 10.0 Å². The van der Waals surface area contributed by atoms with E-state index in [9.17, 15) is 13.2 Å². The smallest absolute Gasteiger partial charge is 0.264 e. The van der Waals surface area contributed by atoms with Crippen LogP contribution in [0.4, 0.5) is 5.69 Å². The Morgan fingerprint density at radius 3 is 2.27 bits per heavy atom. The second-order valence-corrected chi connectivity index (χ2v) is 8.98. The first-order valence-corrected chi connectivity index (χ1v) is 11.3. The lowest BCUT2D eigenvalue weighted by atomic mass is 10.2. The zero-order valence-corrected chi connectivity index (χ0v) is 19.0. The van der Waals surface area contributed by atoms with Crippen molar-refractivity contribution in [3.05, 3.63) is 48.0 Å². The van der Waals surface area contributed by atoms with Gasteiger partial charge in [0.1, 0.15) is 6.54 Å². The van der Waals surface area contributed by atoms with E-state index in [4.69, 9.17) is 9.47 Å². The highest BCUT2D eigenvalue weighted by Crippen LogP contribution is 2.33. The van der Waals surface area contributed by atoms with Crippen molar-refractivity contribution in [2.75, 3.05) is 25.1 Å². The molecule has 0 aliphatic rings. The third kappa shape index (κ3) is 5.66. The number of nitrogens with one attached hydrogen (secondary N) is 1. The molecule has 7 nitrogen and oxygen atoms in total. The Morgan fingerprint density at radius 2 is 1.70 bits per heavy atom. The molecule has 2 aromatic carbocycles. The summed E-state index contributed by atoms with van der Waals surface area (Å²) in [4.78, 5) is 12.8. The van der Waals surface area contributed by atoms with Gasteiger partial charge in [-0.15, -0.1) is 0 Å². The number of aryl methyl sites for hydroxylation is 1. The number of anilines is 1. The molecular formula is C22H30N2O5S. The van der Waals surface area contributed by atoms with Crippen LogP contribution in [0.2, 0.25) is 0 Å². The maximum Gasteiger partial charge on any atom is 0.264 e. The van der Waals surface area contributed by atoms with E-state index in [0.29, 0.717) is 17.2 Å². The Labute approximate surface area is 179 Å². The summed E-state index contributed by atoms with van der Waals surface area (Å²) in [6, 6.07) is 11.2. The summed E-state index contributed by atoms with van der Waals surface area (Å²) in [6.07, 6.45) is 1.73. The lowest BCUT2D eigenvalue weighted by molar-refractivity contribution is -0.120. The number of carbonyl (C=O) groups is 1. The SMILES string of the molecule is CCC[C@@H](C)NC(=O)CN(c1ccc(OC)c(OC)c1)S(=O)(=O)c1ccc(C)cc1. The first-order chi connectivity index (χ1) is 14.2. The van der Waals surface area contributed by atoms with Crippen molar-refractivity contribution in [2.24, 2.45) is 0 Å². The van der Waals surface area contributed by atoms with E-state index in [1.165, 1.54) is 26.4 Å². The number of hydrogen-bond donors (Lipinski definition) is 1. The van der Waals surface area contributed by atoms with Crippen LogP contribution in [0.1, 0.15) is 32.3 Å². The van der Waals surface area contributed by atoms with Crippen molar-refractivity contribution in [3.8, 4) is 11.5 Å². The zero-order valence-electron chi connectivity index (χ0n) is 18.1. The van der Waals surface area contributed by atoms with Crippen LogP contribution in [0.15, 0.2) is 47.4 Å². The molecule has 1 atom stereocenters. The number of benzene rings is 2. The first-order valence-electron chi connectivity index (χ1n) is 9.83. The quantitative estimate of drug-likeness (QED) is 0.619. The van der Waals surface area contributed by atoms with Gasteiger partial charge in [0.05, 0.1) is 24.8 Å². The van der Waals surface area contributed by atoms with Gasteiger partial charge < -0.3 is 14.8 Å². The molecule has 2 aromatic rings. The molecule has 0 spiro atoms. The monoisotopic (exact) mass is 434 g/mol. The Bertz CT molecular complexity index is 958. The molecule has 0 radical (unpaired) electrons. The van der Waals surface area contributed by atoms with Gasteiger partial charge >= 0.3 is 0 Å². The lowest BCUT2D eigenvalue weighted by Crippen LogP contribution is -2.43. The van der Waals surface area contributed by atoms with E-state index in [1.54, 1.807) is 30.3 Å². The number of hydrogen-bond acceptors (Lipinski definition) is 5. The second kappa shape index (κ2) is 10.3. The normalized spacial score (nSPS) is 12.2. The average molecular weight is 435 g/mol. The Morgan fingerprint density at radius 1 is 1.07 bits per heavy atom. The molecule has 0 aliphatic carbocycles. The van der Waals surface area contributed by atoms with Crippen LogP contribution in [0.3, 0.4) is 0 Å². The van der Waals surface area contributed by atoms with Gasteiger partial charge in [-0.2, -0.15) is 0 Å². The topological polar surface area (TPSA) is 84.9 Å². The summed E-state index contributed by atoms with van der Waals surface area (Å²) < 4.78 is 38.5. The van der Waals surface area contributed by atoms with Crippen molar-refractivity contribution < 1.29 is 22.7 Å². The number of amides is 1. The molecule has 0 bridgehead atoms. The van der Waals surface area contributed by atoms with Crippen molar-refractivity contribution in [1.82, 2.24) is 5.32 Å². The summed E-state index contributed by atoms with van der Waals surface area (Å²) in [5.74, 6) is 0.468. The summed E-state index contributed by atoms with van der Waals surface area (Å²) in [7, 11) is -1.01. The molecule has 0 unspecified atom stereocenters. The summed E-state index contributed by atoms with van der Waals surface area (Å²) in [5, 5.41) is 2.86. The largest absolute Gasteiger partial charge is 0.493 e. The molecule has 0 heterocycles. The highest BCUT2D eigenvalue weighted by Gasteiger charge is 2.28. The van der Waals surface area contributed by atoms with Gasteiger partial charge in [0.15, 0.2) is 11.5 Å². The van der Waals surface area contributed by atoms with Crippen molar-refractivity contribution in [2.45, 2.75) is 44.6 Å². The molecular weight excluding hydrogens is 404 g/mol. The molecule has 0 aromatic heterocycles. The van der Waals surface area contributed by atoms with Crippen LogP contribution in [0, 0.1) is 6.92 Å². The van der Waals surface area contributed by atoms with Gasteiger partial charge in [0.2, 0.25) is 5.91 Å². The fraction of sp³-hybridized carbons (Fsp3) is 0.409. The van der Waals surface area contributed by atoms with Gasteiger partial charge in [-0.25, -0.2) is 8.42 Å². The summed E-state index contributed by atoms with van der Waals surface area (Å²) in [6.45, 7) is 5.46. The maximum absolute atomic E-state index is 13.4. The minimum Gasteiger partial charge on any atom is -0.493 e. The van der Waals surface area contributed by atoms with E-state index in [-0.39, 0.29) is 23.4 Å².